The van der Waals surface area contributed by atoms with Crippen LogP contribution in [0.25, 0.3) is 11.0 Å². The molecule has 220 valence electrons. The number of ether oxygens (including phenoxy) is 4. The Labute approximate surface area is 254 Å². The highest BCUT2D eigenvalue weighted by Crippen LogP contribution is 2.45. The molecule has 0 saturated heterocycles. The predicted molar refractivity (Wildman–Crippen MR) is 165 cm³/mol. The fourth-order valence-corrected chi connectivity index (χ4v) is 5.30. The van der Waals surface area contributed by atoms with Crippen molar-refractivity contribution >= 4 is 16.9 Å². The second-order valence-corrected chi connectivity index (χ2v) is 10.5. The Balaban J connectivity index is 1.29. The molecule has 2 heterocycles. The van der Waals surface area contributed by atoms with Crippen LogP contribution in [0.2, 0.25) is 0 Å². The van der Waals surface area contributed by atoms with E-state index in [4.69, 9.17) is 29.1 Å². The first-order valence-electron chi connectivity index (χ1n) is 14.2. The highest BCUT2D eigenvalue weighted by Gasteiger charge is 2.32. The number of furan rings is 1. The zero-order chi connectivity index (χ0) is 30.8. The summed E-state index contributed by atoms with van der Waals surface area (Å²) in [5.41, 5.74) is 11.5. The highest BCUT2D eigenvalue weighted by molar-refractivity contribution is 5.96. The Morgan fingerprint density at radius 1 is 0.955 bits per heavy atom. The number of hydrogen-bond donors (Lipinski definition) is 1. The summed E-state index contributed by atoms with van der Waals surface area (Å²) < 4.78 is 29.3. The number of carbonyl (C=O) groups excluding carboxylic acids is 1. The fourth-order valence-electron chi connectivity index (χ4n) is 5.30. The van der Waals surface area contributed by atoms with Crippen molar-refractivity contribution in [1.29, 1.82) is 5.26 Å². The van der Waals surface area contributed by atoms with Gasteiger partial charge in [0.05, 0.1) is 12.5 Å². The van der Waals surface area contributed by atoms with Crippen LogP contribution in [-0.4, -0.2) is 12.6 Å². The lowest BCUT2D eigenvalue weighted by Gasteiger charge is -2.27. The first-order valence-corrected chi connectivity index (χ1v) is 14.2. The van der Waals surface area contributed by atoms with Gasteiger partial charge in [-0.1, -0.05) is 60.2 Å². The van der Waals surface area contributed by atoms with Crippen molar-refractivity contribution in [3.8, 4) is 29.1 Å². The van der Waals surface area contributed by atoms with E-state index >= 15 is 0 Å². The molecule has 0 spiro atoms. The summed E-state index contributed by atoms with van der Waals surface area (Å²) in [5, 5.41) is 10.9. The third-order valence-corrected chi connectivity index (χ3v) is 7.55. The van der Waals surface area contributed by atoms with Crippen molar-refractivity contribution < 1.29 is 28.2 Å². The van der Waals surface area contributed by atoms with Gasteiger partial charge in [-0.05, 0) is 56.2 Å². The van der Waals surface area contributed by atoms with E-state index in [-0.39, 0.29) is 23.0 Å². The monoisotopic (exact) mass is 586 g/mol. The molecule has 0 radical (unpaired) electrons. The summed E-state index contributed by atoms with van der Waals surface area (Å²) in [6.45, 7) is 6.56. The summed E-state index contributed by atoms with van der Waals surface area (Å²) in [6.07, 6.45) is 0. The fraction of sp³-hybridized carbons (Fsp3) is 0.167. The number of hydrogen-bond acceptors (Lipinski definition) is 8. The minimum absolute atomic E-state index is 0.0285. The molecule has 8 heteroatoms. The maximum Gasteiger partial charge on any atom is 0.379 e. The molecule has 0 saturated carbocycles. The molecule has 0 bridgehead atoms. The molecule has 1 aliphatic rings. The van der Waals surface area contributed by atoms with E-state index in [1.165, 1.54) is 5.56 Å². The molecular weight excluding hydrogens is 556 g/mol. The zero-order valence-corrected chi connectivity index (χ0v) is 24.5. The molecular formula is C36H30N2O6. The molecule has 1 atom stereocenters. The Morgan fingerprint density at radius 2 is 1.75 bits per heavy atom. The van der Waals surface area contributed by atoms with Crippen LogP contribution in [0, 0.1) is 25.2 Å². The standard InChI is InChI=1S/C36H30N2O6/c1-4-40-32-17-24(13-16-30(32)41-20-23-11-9-21(2)10-12-23)33-27-15-14-25(18-31(27)44-35(38)28(33)19-37)42-36(39)34-22(3)26-7-5-6-8-29(26)43-34/h5-18,33H,4,20,38H2,1-3H3. The summed E-state index contributed by atoms with van der Waals surface area (Å²) in [5.74, 6) is 0.675. The number of esters is 1. The van der Waals surface area contributed by atoms with Gasteiger partial charge in [-0.2, -0.15) is 5.26 Å². The predicted octanol–water partition coefficient (Wildman–Crippen LogP) is 7.46. The van der Waals surface area contributed by atoms with Crippen LogP contribution >= 0.6 is 0 Å². The van der Waals surface area contributed by atoms with Crippen LogP contribution in [0.3, 0.4) is 0 Å². The van der Waals surface area contributed by atoms with E-state index in [9.17, 15) is 10.1 Å². The van der Waals surface area contributed by atoms with Gasteiger partial charge in [-0.3, -0.25) is 0 Å². The van der Waals surface area contributed by atoms with Crippen LogP contribution in [0.15, 0.2) is 101 Å². The van der Waals surface area contributed by atoms with E-state index in [0.717, 1.165) is 16.5 Å². The normalized spacial score (nSPS) is 14.0. The largest absolute Gasteiger partial charge is 0.490 e. The van der Waals surface area contributed by atoms with Gasteiger partial charge < -0.3 is 29.1 Å². The molecule has 0 aliphatic carbocycles. The molecule has 1 aliphatic heterocycles. The van der Waals surface area contributed by atoms with E-state index < -0.39 is 11.9 Å². The number of nitriles is 1. The number of para-hydroxylation sites is 1. The summed E-state index contributed by atoms with van der Waals surface area (Å²) in [4.78, 5) is 13.1. The van der Waals surface area contributed by atoms with Gasteiger partial charge in [0.1, 0.15) is 35.3 Å². The van der Waals surface area contributed by atoms with Crippen LogP contribution in [0.1, 0.15) is 51.2 Å². The maximum absolute atomic E-state index is 13.1. The smallest absolute Gasteiger partial charge is 0.379 e. The summed E-state index contributed by atoms with van der Waals surface area (Å²) in [6, 6.07) is 28.3. The molecule has 0 amide bonds. The van der Waals surface area contributed by atoms with Crippen LogP contribution in [0.4, 0.5) is 0 Å². The number of nitrogens with two attached hydrogens (primary N) is 1. The van der Waals surface area contributed by atoms with Gasteiger partial charge in [0, 0.05) is 22.6 Å². The lowest BCUT2D eigenvalue weighted by molar-refractivity contribution is 0.0702. The van der Waals surface area contributed by atoms with E-state index in [1.54, 1.807) is 24.3 Å². The first kappa shape index (κ1) is 28.4. The maximum atomic E-state index is 13.1. The molecule has 5 aromatic rings. The number of carbonyl (C=O) groups is 1. The third kappa shape index (κ3) is 5.43. The van der Waals surface area contributed by atoms with Crippen molar-refractivity contribution in [1.82, 2.24) is 0 Å². The third-order valence-electron chi connectivity index (χ3n) is 7.55. The molecule has 0 fully saturated rings. The van der Waals surface area contributed by atoms with Crippen molar-refractivity contribution in [3.63, 3.8) is 0 Å². The highest BCUT2D eigenvalue weighted by atomic mass is 16.5. The Morgan fingerprint density at radius 3 is 2.50 bits per heavy atom. The van der Waals surface area contributed by atoms with Crippen molar-refractivity contribution in [2.24, 2.45) is 5.73 Å². The second kappa shape index (κ2) is 11.9. The average Bonchev–Trinajstić information content (AvgIpc) is 3.37. The van der Waals surface area contributed by atoms with Gasteiger partial charge in [0.15, 0.2) is 11.5 Å². The molecule has 8 nitrogen and oxygen atoms in total. The average molecular weight is 587 g/mol. The number of aryl methyl sites for hydroxylation is 2. The van der Waals surface area contributed by atoms with Gasteiger partial charge in [-0.25, -0.2) is 4.79 Å². The molecule has 44 heavy (non-hydrogen) atoms. The number of fused-ring (bicyclic) bond motifs is 2. The van der Waals surface area contributed by atoms with Crippen LogP contribution in [-0.2, 0) is 6.61 Å². The quantitative estimate of drug-likeness (QED) is 0.147. The molecule has 1 aromatic heterocycles. The zero-order valence-electron chi connectivity index (χ0n) is 24.5. The summed E-state index contributed by atoms with van der Waals surface area (Å²) in [7, 11) is 0. The van der Waals surface area contributed by atoms with Gasteiger partial charge in [0.2, 0.25) is 11.6 Å². The number of benzene rings is 4. The Hall–Kier alpha value is -5.68. The summed E-state index contributed by atoms with van der Waals surface area (Å²) >= 11 is 0. The number of nitrogens with zero attached hydrogens (tertiary/aromatic N) is 1. The topological polar surface area (TPSA) is 117 Å². The Kier molecular flexibility index (Phi) is 7.69. The van der Waals surface area contributed by atoms with Crippen molar-refractivity contribution in [2.75, 3.05) is 6.61 Å². The molecule has 6 rings (SSSR count). The van der Waals surface area contributed by atoms with E-state index in [2.05, 4.69) is 6.07 Å². The van der Waals surface area contributed by atoms with E-state index in [1.807, 2.05) is 81.4 Å². The van der Waals surface area contributed by atoms with E-state index in [0.29, 0.717) is 47.2 Å². The molecule has 2 N–H and O–H groups in total. The minimum atomic E-state index is -0.630. The molecule has 1 unspecified atom stereocenters. The second-order valence-electron chi connectivity index (χ2n) is 10.5. The van der Waals surface area contributed by atoms with Crippen molar-refractivity contribution in [3.05, 3.63) is 130 Å². The van der Waals surface area contributed by atoms with Crippen LogP contribution in [0.5, 0.6) is 23.0 Å². The lowest BCUT2D eigenvalue weighted by atomic mass is 9.83. The Bertz CT molecular complexity index is 1950. The van der Waals surface area contributed by atoms with Gasteiger partial charge in [0.25, 0.3) is 0 Å². The lowest BCUT2D eigenvalue weighted by Crippen LogP contribution is -2.21. The number of rotatable bonds is 8. The molecule has 4 aromatic carbocycles. The first-order chi connectivity index (χ1) is 21.4. The SMILES string of the molecule is CCOc1cc(C2C(C#N)=C(N)Oc3cc(OC(=O)c4oc5ccccc5c4C)ccc32)ccc1OCc1ccc(C)cc1. The minimum Gasteiger partial charge on any atom is -0.490 e. The van der Waals surface area contributed by atoms with Gasteiger partial charge in [-0.15, -0.1) is 0 Å². The van der Waals surface area contributed by atoms with Crippen LogP contribution < -0.4 is 24.7 Å². The number of allylic oxidation sites excluding steroid dienone is 1. The van der Waals surface area contributed by atoms with Crippen molar-refractivity contribution in [2.45, 2.75) is 33.3 Å². The van der Waals surface area contributed by atoms with Gasteiger partial charge >= 0.3 is 5.97 Å².